The Hall–Kier alpha value is -4.81. The number of rotatable bonds is 9. The zero-order valence-corrected chi connectivity index (χ0v) is 28.4. The Bertz CT molecular complexity index is 1810. The van der Waals surface area contributed by atoms with Gasteiger partial charge in [0.15, 0.2) is 5.82 Å². The lowest BCUT2D eigenvalue weighted by molar-refractivity contribution is -0.129. The SMILES string of the molecule is CC(c1nc(C2CN(C(=O)c3cnn(Cc4ccc(C(=O)O)cc4)c3)CC23CN(C=O)C3)no1)n1ccc(C2CCCC2)n1.CC1(C)CC1. The number of aromatic nitrogens is 6. The fourth-order valence-corrected chi connectivity index (χ4v) is 7.25. The van der Waals surface area contributed by atoms with Gasteiger partial charge >= 0.3 is 5.97 Å². The van der Waals surface area contributed by atoms with Crippen LogP contribution in [0.25, 0.3) is 0 Å². The van der Waals surface area contributed by atoms with E-state index in [0.29, 0.717) is 55.9 Å². The Kier molecular flexibility index (Phi) is 8.62. The van der Waals surface area contributed by atoms with Crippen LogP contribution in [0.2, 0.25) is 0 Å². The highest BCUT2D eigenvalue weighted by molar-refractivity contribution is 5.94. The molecule has 4 aromatic rings. The lowest BCUT2D eigenvalue weighted by atomic mass is 9.71. The quantitative estimate of drug-likeness (QED) is 0.243. The summed E-state index contributed by atoms with van der Waals surface area (Å²) in [7, 11) is 0. The van der Waals surface area contributed by atoms with E-state index < -0.39 is 5.97 Å². The van der Waals surface area contributed by atoms with Gasteiger partial charge in [-0.3, -0.25) is 19.0 Å². The highest BCUT2D eigenvalue weighted by Crippen LogP contribution is 2.48. The summed E-state index contributed by atoms with van der Waals surface area (Å²) in [5.74, 6) is 0.186. The molecule has 2 amide bonds. The first-order chi connectivity index (χ1) is 23.5. The summed E-state index contributed by atoms with van der Waals surface area (Å²) >= 11 is 0. The van der Waals surface area contributed by atoms with E-state index in [2.05, 4.69) is 30.2 Å². The summed E-state index contributed by atoms with van der Waals surface area (Å²) in [6.45, 7) is 8.87. The Morgan fingerprint density at radius 1 is 1.06 bits per heavy atom. The number of likely N-dealkylation sites (tertiary alicyclic amines) is 2. The first-order valence-corrected chi connectivity index (χ1v) is 17.2. The van der Waals surface area contributed by atoms with Crippen LogP contribution in [0.15, 0.2) is 53.4 Å². The molecule has 0 bridgehead atoms. The van der Waals surface area contributed by atoms with Crippen molar-refractivity contribution < 1.29 is 24.0 Å². The van der Waals surface area contributed by atoms with Crippen molar-refractivity contribution in [2.75, 3.05) is 26.2 Å². The Labute approximate surface area is 285 Å². The highest BCUT2D eigenvalue weighted by atomic mass is 16.5. The second kappa shape index (κ2) is 12.9. The predicted octanol–water partition coefficient (Wildman–Crippen LogP) is 4.98. The van der Waals surface area contributed by atoms with Crippen molar-refractivity contribution in [1.29, 1.82) is 0 Å². The minimum Gasteiger partial charge on any atom is -0.478 e. The van der Waals surface area contributed by atoms with Crippen LogP contribution in [0.4, 0.5) is 0 Å². The maximum atomic E-state index is 13.6. The number of benzene rings is 1. The fourth-order valence-electron chi connectivity index (χ4n) is 7.25. The third-order valence-electron chi connectivity index (χ3n) is 10.7. The van der Waals surface area contributed by atoms with Crippen LogP contribution in [-0.4, -0.2) is 89.1 Å². The average molecular weight is 669 g/mol. The number of hydrogen-bond acceptors (Lipinski definition) is 8. The van der Waals surface area contributed by atoms with Crippen LogP contribution >= 0.6 is 0 Å². The van der Waals surface area contributed by atoms with Gasteiger partial charge in [0.1, 0.15) is 6.04 Å². The van der Waals surface area contributed by atoms with Gasteiger partial charge < -0.3 is 19.4 Å². The molecule has 2 atom stereocenters. The van der Waals surface area contributed by atoms with E-state index >= 15 is 0 Å². The smallest absolute Gasteiger partial charge is 0.335 e. The molecule has 4 fully saturated rings. The molecule has 2 aliphatic carbocycles. The fraction of sp³-hybridized carbons (Fsp3) is 0.528. The highest BCUT2D eigenvalue weighted by Gasteiger charge is 2.57. The third kappa shape index (κ3) is 6.88. The van der Waals surface area contributed by atoms with Crippen molar-refractivity contribution in [2.45, 2.75) is 83.7 Å². The van der Waals surface area contributed by atoms with E-state index in [1.165, 1.54) is 38.5 Å². The first kappa shape index (κ1) is 32.7. The topological polar surface area (TPSA) is 152 Å². The molecule has 3 aromatic heterocycles. The zero-order chi connectivity index (χ0) is 34.3. The number of carbonyl (C=O) groups is 3. The molecule has 5 heterocycles. The second-order valence-electron chi connectivity index (χ2n) is 15.1. The summed E-state index contributed by atoms with van der Waals surface area (Å²) in [5.41, 5.74) is 3.04. The number of carboxylic acids is 1. The summed E-state index contributed by atoms with van der Waals surface area (Å²) in [4.78, 5) is 44.6. The van der Waals surface area contributed by atoms with Gasteiger partial charge in [-0.25, -0.2) is 4.79 Å². The number of hydrogen-bond donors (Lipinski definition) is 1. The van der Waals surface area contributed by atoms with E-state index in [4.69, 9.17) is 19.7 Å². The van der Waals surface area contributed by atoms with Crippen LogP contribution < -0.4 is 0 Å². The lowest BCUT2D eigenvalue weighted by Crippen LogP contribution is -2.59. The average Bonchev–Trinajstić information content (AvgIpc) is 3.79. The molecule has 2 saturated heterocycles. The van der Waals surface area contributed by atoms with Crippen molar-refractivity contribution in [1.82, 2.24) is 39.5 Å². The largest absolute Gasteiger partial charge is 0.478 e. The summed E-state index contributed by atoms with van der Waals surface area (Å²) in [6, 6.07) is 8.41. The first-order valence-electron chi connectivity index (χ1n) is 17.2. The van der Waals surface area contributed by atoms with Crippen LogP contribution in [0.1, 0.15) is 121 Å². The summed E-state index contributed by atoms with van der Waals surface area (Å²) in [5, 5.41) is 22.7. The third-order valence-corrected chi connectivity index (χ3v) is 10.7. The van der Waals surface area contributed by atoms with Crippen LogP contribution in [0.5, 0.6) is 0 Å². The number of nitrogens with zero attached hydrogens (tertiary/aromatic N) is 8. The number of carbonyl (C=O) groups excluding carboxylic acids is 2. The standard InChI is InChI=1S/C31H34N8O5.C5H10/c1-20(39-11-10-26(34-39)22-4-2-3-5-22)28-33-27(35-44-28)25-15-37(18-31(25)16-36(17-31)19-40)29(41)24-12-32-38(14-24)13-21-6-8-23(9-7-21)30(42)43;1-5(2)3-4-5/h6-12,14,19-20,22,25H,2-5,13,15-18H2,1H3,(H,42,43);3-4H2,1-2H3. The Morgan fingerprint density at radius 3 is 2.43 bits per heavy atom. The molecule has 1 aromatic carbocycles. The van der Waals surface area contributed by atoms with Gasteiger partial charge in [-0.05, 0) is 61.8 Å². The van der Waals surface area contributed by atoms with E-state index in [9.17, 15) is 14.4 Å². The van der Waals surface area contributed by atoms with Gasteiger partial charge in [0.05, 0.1) is 35.5 Å². The summed E-state index contributed by atoms with van der Waals surface area (Å²) < 4.78 is 9.28. The molecule has 1 spiro atoms. The molecule has 0 radical (unpaired) electrons. The monoisotopic (exact) mass is 668 g/mol. The normalized spacial score (nSPS) is 21.2. The minimum atomic E-state index is -0.981. The second-order valence-corrected chi connectivity index (χ2v) is 15.1. The maximum absolute atomic E-state index is 13.6. The molecule has 4 aliphatic rings. The molecular weight excluding hydrogens is 624 g/mol. The van der Waals surface area contributed by atoms with Crippen molar-refractivity contribution >= 4 is 18.3 Å². The molecule has 2 aliphatic heterocycles. The van der Waals surface area contributed by atoms with Crippen molar-refractivity contribution in [3.8, 4) is 0 Å². The predicted molar refractivity (Wildman–Crippen MR) is 178 cm³/mol. The molecule has 2 unspecified atom stereocenters. The van der Waals surface area contributed by atoms with Crippen molar-refractivity contribution in [3.05, 3.63) is 83.0 Å². The van der Waals surface area contributed by atoms with Crippen LogP contribution in [0.3, 0.4) is 0 Å². The zero-order valence-electron chi connectivity index (χ0n) is 28.4. The Morgan fingerprint density at radius 2 is 1.78 bits per heavy atom. The number of aromatic carboxylic acids is 1. The van der Waals surface area contributed by atoms with Gasteiger partial charge in [0.2, 0.25) is 6.41 Å². The molecule has 49 heavy (non-hydrogen) atoms. The van der Waals surface area contributed by atoms with Gasteiger partial charge in [0, 0.05) is 49.9 Å². The lowest BCUT2D eigenvalue weighted by Gasteiger charge is -2.48. The molecule has 13 nitrogen and oxygen atoms in total. The van der Waals surface area contributed by atoms with Crippen LogP contribution in [0, 0.1) is 10.8 Å². The maximum Gasteiger partial charge on any atom is 0.335 e. The van der Waals surface area contributed by atoms with Crippen molar-refractivity contribution in [3.63, 3.8) is 0 Å². The van der Waals surface area contributed by atoms with Gasteiger partial charge in [0.25, 0.3) is 11.8 Å². The van der Waals surface area contributed by atoms with Gasteiger partial charge in [-0.2, -0.15) is 15.2 Å². The number of carboxylic acid groups (broad SMARTS) is 1. The molecule has 13 heteroatoms. The molecule has 1 N–H and O–H groups in total. The van der Waals surface area contributed by atoms with E-state index in [-0.39, 0.29) is 28.8 Å². The molecular formula is C36H44N8O5. The number of amides is 2. The van der Waals surface area contributed by atoms with Gasteiger partial charge in [-0.1, -0.05) is 44.0 Å². The van der Waals surface area contributed by atoms with Crippen LogP contribution in [-0.2, 0) is 11.3 Å². The summed E-state index contributed by atoms with van der Waals surface area (Å²) in [6.07, 6.45) is 13.8. The molecule has 8 rings (SSSR count). The molecule has 2 saturated carbocycles. The Balaban J connectivity index is 0.000000695. The minimum absolute atomic E-state index is 0.156. The van der Waals surface area contributed by atoms with Gasteiger partial charge in [-0.15, -0.1) is 0 Å². The van der Waals surface area contributed by atoms with Crippen molar-refractivity contribution in [2.24, 2.45) is 10.8 Å². The molecule has 258 valence electrons. The van der Waals surface area contributed by atoms with E-state index in [1.807, 2.05) is 17.8 Å². The van der Waals surface area contributed by atoms with E-state index in [0.717, 1.165) is 23.1 Å². The van der Waals surface area contributed by atoms with E-state index in [1.54, 1.807) is 51.1 Å².